The van der Waals surface area contributed by atoms with E-state index in [0.717, 1.165) is 22.6 Å². The Kier molecular flexibility index (Phi) is 3.40. The number of nitrogens with zero attached hydrogens (tertiary/aromatic N) is 3. The molecule has 5 heteroatoms. The Hall–Kier alpha value is -1.94. The number of hydrogen-bond acceptors (Lipinski definition) is 2. The van der Waals surface area contributed by atoms with E-state index in [2.05, 4.69) is 9.97 Å². The van der Waals surface area contributed by atoms with E-state index in [0.29, 0.717) is 18.0 Å². The van der Waals surface area contributed by atoms with Gasteiger partial charge in [-0.3, -0.25) is 4.57 Å². The first kappa shape index (κ1) is 13.1. The van der Waals surface area contributed by atoms with E-state index in [1.54, 1.807) is 12.3 Å². The molecular formula is C15H13ClFN3. The molecule has 0 fully saturated rings. The standard InChI is InChI=1S/C15H13ClFN3/c1-10-7-13-15(18-9-10)20(14(19-13)5-6-16)12-4-2-3-11(17)8-12/h2-4,7-9H,5-6H2,1H3. The molecule has 1 aromatic carbocycles. The number of rotatable bonds is 3. The molecule has 0 atom stereocenters. The number of alkyl halides is 1. The lowest BCUT2D eigenvalue weighted by Gasteiger charge is -2.07. The van der Waals surface area contributed by atoms with Gasteiger partial charge in [0.15, 0.2) is 5.65 Å². The average molecular weight is 290 g/mol. The van der Waals surface area contributed by atoms with Crippen molar-refractivity contribution in [3.05, 3.63) is 53.7 Å². The third-order valence-corrected chi connectivity index (χ3v) is 3.28. The van der Waals surface area contributed by atoms with E-state index in [1.807, 2.05) is 23.6 Å². The van der Waals surface area contributed by atoms with Crippen molar-refractivity contribution in [3.63, 3.8) is 0 Å². The highest BCUT2D eigenvalue weighted by Gasteiger charge is 2.13. The number of benzene rings is 1. The SMILES string of the molecule is Cc1cnc2c(c1)nc(CCCl)n2-c1cccc(F)c1. The average Bonchev–Trinajstić information content (AvgIpc) is 2.76. The van der Waals surface area contributed by atoms with Crippen molar-refractivity contribution in [2.24, 2.45) is 0 Å². The molecule has 0 aliphatic rings. The topological polar surface area (TPSA) is 30.7 Å². The first-order valence-electron chi connectivity index (χ1n) is 6.35. The molecule has 0 aliphatic heterocycles. The summed E-state index contributed by atoms with van der Waals surface area (Å²) in [6, 6.07) is 8.37. The van der Waals surface area contributed by atoms with Gasteiger partial charge in [0.1, 0.15) is 17.2 Å². The Labute approximate surface area is 121 Å². The number of hydrogen-bond donors (Lipinski definition) is 0. The molecule has 0 radical (unpaired) electrons. The van der Waals surface area contributed by atoms with Crippen molar-refractivity contribution in [1.29, 1.82) is 0 Å². The zero-order chi connectivity index (χ0) is 14.1. The number of pyridine rings is 1. The molecule has 0 aliphatic carbocycles. The van der Waals surface area contributed by atoms with Gasteiger partial charge in [-0.1, -0.05) is 6.07 Å². The van der Waals surface area contributed by atoms with Crippen LogP contribution in [0.5, 0.6) is 0 Å². The fraction of sp³-hybridized carbons (Fsp3) is 0.200. The van der Waals surface area contributed by atoms with Gasteiger partial charge in [0.25, 0.3) is 0 Å². The van der Waals surface area contributed by atoms with Gasteiger partial charge in [-0.25, -0.2) is 14.4 Å². The minimum atomic E-state index is -0.284. The molecule has 20 heavy (non-hydrogen) atoms. The van der Waals surface area contributed by atoms with Crippen molar-refractivity contribution in [1.82, 2.24) is 14.5 Å². The van der Waals surface area contributed by atoms with Crippen molar-refractivity contribution in [2.75, 3.05) is 5.88 Å². The largest absolute Gasteiger partial charge is 0.281 e. The molecule has 2 heterocycles. The van der Waals surface area contributed by atoms with Crippen molar-refractivity contribution < 1.29 is 4.39 Å². The summed E-state index contributed by atoms with van der Waals surface area (Å²) in [6.45, 7) is 1.97. The lowest BCUT2D eigenvalue weighted by molar-refractivity contribution is 0.626. The lowest BCUT2D eigenvalue weighted by atomic mass is 10.3. The quantitative estimate of drug-likeness (QED) is 0.689. The molecular weight excluding hydrogens is 277 g/mol. The Morgan fingerprint density at radius 1 is 1.30 bits per heavy atom. The molecule has 0 saturated heterocycles. The molecule has 0 bridgehead atoms. The van der Waals surface area contributed by atoms with Crippen LogP contribution >= 0.6 is 11.6 Å². The maximum absolute atomic E-state index is 13.5. The number of aromatic nitrogens is 3. The van der Waals surface area contributed by atoms with E-state index >= 15 is 0 Å². The van der Waals surface area contributed by atoms with Crippen LogP contribution < -0.4 is 0 Å². The number of fused-ring (bicyclic) bond motifs is 1. The predicted molar refractivity (Wildman–Crippen MR) is 78.0 cm³/mol. The molecule has 0 unspecified atom stereocenters. The van der Waals surface area contributed by atoms with E-state index < -0.39 is 0 Å². The molecule has 0 amide bonds. The van der Waals surface area contributed by atoms with Gasteiger partial charge in [0, 0.05) is 18.5 Å². The van der Waals surface area contributed by atoms with Gasteiger partial charge in [0.05, 0.1) is 5.69 Å². The van der Waals surface area contributed by atoms with Crippen LogP contribution in [0.1, 0.15) is 11.4 Å². The van der Waals surface area contributed by atoms with E-state index in [1.165, 1.54) is 12.1 Å². The van der Waals surface area contributed by atoms with Crippen LogP contribution in [0, 0.1) is 12.7 Å². The van der Waals surface area contributed by atoms with Crippen molar-refractivity contribution >= 4 is 22.8 Å². The molecule has 0 saturated carbocycles. The van der Waals surface area contributed by atoms with Crippen LogP contribution in [0.4, 0.5) is 4.39 Å². The summed E-state index contributed by atoms with van der Waals surface area (Å²) in [4.78, 5) is 8.99. The second-order valence-corrected chi connectivity index (χ2v) is 5.02. The first-order valence-corrected chi connectivity index (χ1v) is 6.88. The molecule has 3 aromatic rings. The van der Waals surface area contributed by atoms with Gasteiger partial charge in [-0.2, -0.15) is 0 Å². The van der Waals surface area contributed by atoms with E-state index in [-0.39, 0.29) is 5.82 Å². The summed E-state index contributed by atoms with van der Waals surface area (Å²) >= 11 is 5.84. The van der Waals surface area contributed by atoms with Crippen LogP contribution in [-0.2, 0) is 6.42 Å². The Balaban J connectivity index is 2.28. The zero-order valence-corrected chi connectivity index (χ0v) is 11.7. The summed E-state index contributed by atoms with van der Waals surface area (Å²) in [6.07, 6.45) is 2.39. The zero-order valence-electron chi connectivity index (χ0n) is 11.0. The fourth-order valence-electron chi connectivity index (χ4n) is 2.25. The van der Waals surface area contributed by atoms with Gasteiger partial charge < -0.3 is 0 Å². The van der Waals surface area contributed by atoms with Crippen LogP contribution in [0.15, 0.2) is 36.5 Å². The van der Waals surface area contributed by atoms with Crippen LogP contribution in [0.2, 0.25) is 0 Å². The highest BCUT2D eigenvalue weighted by Crippen LogP contribution is 2.21. The van der Waals surface area contributed by atoms with E-state index in [4.69, 9.17) is 11.6 Å². The third-order valence-electron chi connectivity index (χ3n) is 3.09. The monoisotopic (exact) mass is 289 g/mol. The smallest absolute Gasteiger partial charge is 0.164 e. The maximum Gasteiger partial charge on any atom is 0.164 e. The Morgan fingerprint density at radius 2 is 2.15 bits per heavy atom. The van der Waals surface area contributed by atoms with Crippen LogP contribution in [-0.4, -0.2) is 20.4 Å². The van der Waals surface area contributed by atoms with Gasteiger partial charge in [-0.05, 0) is 36.8 Å². The highest BCUT2D eigenvalue weighted by atomic mass is 35.5. The molecule has 0 N–H and O–H groups in total. The summed E-state index contributed by atoms with van der Waals surface area (Å²) in [7, 11) is 0. The number of imidazole rings is 1. The minimum absolute atomic E-state index is 0.284. The number of halogens is 2. The first-order chi connectivity index (χ1) is 9.69. The Bertz CT molecular complexity index is 767. The van der Waals surface area contributed by atoms with Crippen LogP contribution in [0.3, 0.4) is 0 Å². The van der Waals surface area contributed by atoms with Crippen molar-refractivity contribution in [3.8, 4) is 5.69 Å². The summed E-state index contributed by atoms with van der Waals surface area (Å²) < 4.78 is 15.3. The third kappa shape index (κ3) is 2.27. The molecule has 3 nitrogen and oxygen atoms in total. The molecule has 3 rings (SSSR count). The summed E-state index contributed by atoms with van der Waals surface area (Å²) in [5, 5.41) is 0. The summed E-state index contributed by atoms with van der Waals surface area (Å²) in [5.41, 5.74) is 3.28. The predicted octanol–water partition coefficient (Wildman–Crippen LogP) is 3.65. The molecule has 102 valence electrons. The van der Waals surface area contributed by atoms with Gasteiger partial charge >= 0.3 is 0 Å². The molecule has 2 aromatic heterocycles. The highest BCUT2D eigenvalue weighted by molar-refractivity contribution is 6.17. The van der Waals surface area contributed by atoms with Gasteiger partial charge in [0.2, 0.25) is 0 Å². The Morgan fingerprint density at radius 3 is 2.90 bits per heavy atom. The van der Waals surface area contributed by atoms with E-state index in [9.17, 15) is 4.39 Å². The van der Waals surface area contributed by atoms with Crippen LogP contribution in [0.25, 0.3) is 16.9 Å². The van der Waals surface area contributed by atoms with Crippen molar-refractivity contribution in [2.45, 2.75) is 13.3 Å². The lowest BCUT2D eigenvalue weighted by Crippen LogP contribution is -2.03. The van der Waals surface area contributed by atoms with Gasteiger partial charge in [-0.15, -0.1) is 11.6 Å². The second-order valence-electron chi connectivity index (χ2n) is 4.64. The second kappa shape index (κ2) is 5.21. The fourth-order valence-corrected chi connectivity index (χ4v) is 2.42. The summed E-state index contributed by atoms with van der Waals surface area (Å²) in [5.74, 6) is 0.962. The molecule has 0 spiro atoms. The normalized spacial score (nSPS) is 11.2. The maximum atomic E-state index is 13.5. The number of aryl methyl sites for hydroxylation is 2. The minimum Gasteiger partial charge on any atom is -0.281 e.